The zero-order valence-corrected chi connectivity index (χ0v) is 12.1. The largest absolute Gasteiger partial charge is 0.398 e. The third kappa shape index (κ3) is 2.78. The van der Waals surface area contributed by atoms with Gasteiger partial charge in [-0.1, -0.05) is 6.07 Å². The summed E-state index contributed by atoms with van der Waals surface area (Å²) in [4.78, 5) is 2.36. The molecule has 0 unspecified atom stereocenters. The highest BCUT2D eigenvalue weighted by molar-refractivity contribution is 5.60. The van der Waals surface area contributed by atoms with Crippen molar-refractivity contribution in [2.24, 2.45) is 0 Å². The van der Waals surface area contributed by atoms with E-state index in [1.165, 1.54) is 5.69 Å². The molecule has 18 heavy (non-hydrogen) atoms. The molecule has 0 bridgehead atoms. The molecule has 0 atom stereocenters. The molecule has 0 aromatic heterocycles. The van der Waals surface area contributed by atoms with Gasteiger partial charge in [0.25, 0.3) is 0 Å². The number of nitrogens with two attached hydrogens (primary N) is 1. The van der Waals surface area contributed by atoms with E-state index in [0.29, 0.717) is 0 Å². The van der Waals surface area contributed by atoms with Crippen LogP contribution >= 0.6 is 0 Å². The number of ether oxygens (including phenoxy) is 1. The molecular weight excluding hydrogens is 224 g/mol. The first kappa shape index (κ1) is 13.2. The van der Waals surface area contributed by atoms with E-state index >= 15 is 0 Å². The zero-order chi connectivity index (χ0) is 13.6. The van der Waals surface area contributed by atoms with E-state index in [2.05, 4.69) is 50.8 Å². The second kappa shape index (κ2) is 4.16. The van der Waals surface area contributed by atoms with Crippen LogP contribution in [0.15, 0.2) is 18.2 Å². The molecule has 0 amide bonds. The van der Waals surface area contributed by atoms with Crippen molar-refractivity contribution in [1.29, 1.82) is 0 Å². The van der Waals surface area contributed by atoms with Crippen molar-refractivity contribution in [2.75, 3.05) is 23.7 Å². The van der Waals surface area contributed by atoms with Gasteiger partial charge in [0.15, 0.2) is 0 Å². The maximum Gasteiger partial charge on any atom is 0.0808 e. The minimum Gasteiger partial charge on any atom is -0.398 e. The summed E-state index contributed by atoms with van der Waals surface area (Å²) in [5.74, 6) is 0. The number of nitrogen functional groups attached to an aromatic ring is 1. The third-order valence-corrected chi connectivity index (χ3v) is 3.32. The number of benzene rings is 1. The summed E-state index contributed by atoms with van der Waals surface area (Å²) in [5, 5.41) is 0. The average molecular weight is 248 g/mol. The predicted octanol–water partition coefficient (Wildman–Crippen LogP) is 2.97. The molecule has 0 aliphatic carbocycles. The van der Waals surface area contributed by atoms with Gasteiger partial charge in [0, 0.05) is 24.5 Å². The fourth-order valence-electron chi connectivity index (χ4n) is 2.79. The lowest BCUT2D eigenvalue weighted by Crippen LogP contribution is -2.57. The summed E-state index contributed by atoms with van der Waals surface area (Å²) in [6, 6.07) is 6.29. The normalized spacial score (nSPS) is 21.9. The summed E-state index contributed by atoms with van der Waals surface area (Å²) in [6.07, 6.45) is 0. The van der Waals surface area contributed by atoms with Crippen LogP contribution in [-0.4, -0.2) is 24.3 Å². The summed E-state index contributed by atoms with van der Waals surface area (Å²) in [6.45, 7) is 12.4. The van der Waals surface area contributed by atoms with E-state index in [1.54, 1.807) is 0 Å². The second-order valence-electron chi connectivity index (χ2n) is 6.52. The number of nitrogens with zero attached hydrogens (tertiary/aromatic N) is 1. The van der Waals surface area contributed by atoms with Crippen molar-refractivity contribution < 1.29 is 4.74 Å². The molecule has 0 spiro atoms. The Kier molecular flexibility index (Phi) is 3.06. The van der Waals surface area contributed by atoms with Crippen molar-refractivity contribution in [3.8, 4) is 0 Å². The quantitative estimate of drug-likeness (QED) is 0.777. The SMILES string of the molecule is Cc1ccc(N2CC(C)(C)OC(C)(C)C2)cc1N. The average Bonchev–Trinajstić information content (AvgIpc) is 2.17. The van der Waals surface area contributed by atoms with Crippen LogP contribution in [0.5, 0.6) is 0 Å². The number of anilines is 2. The molecule has 1 saturated heterocycles. The lowest BCUT2D eigenvalue weighted by atomic mass is 9.98. The number of rotatable bonds is 1. The molecular formula is C15H24N2O. The molecule has 1 aliphatic heterocycles. The predicted molar refractivity (Wildman–Crippen MR) is 77.0 cm³/mol. The Labute approximate surface area is 110 Å². The van der Waals surface area contributed by atoms with Gasteiger partial charge in [0.1, 0.15) is 0 Å². The molecule has 2 rings (SSSR count). The minimum atomic E-state index is -0.138. The van der Waals surface area contributed by atoms with Gasteiger partial charge < -0.3 is 15.4 Å². The summed E-state index contributed by atoms with van der Waals surface area (Å²) in [7, 11) is 0. The molecule has 2 N–H and O–H groups in total. The maximum absolute atomic E-state index is 6.09. The lowest BCUT2D eigenvalue weighted by molar-refractivity contribution is -0.133. The Hall–Kier alpha value is -1.22. The van der Waals surface area contributed by atoms with Gasteiger partial charge in [-0.25, -0.2) is 0 Å². The van der Waals surface area contributed by atoms with Gasteiger partial charge in [0.05, 0.1) is 11.2 Å². The van der Waals surface area contributed by atoms with Crippen molar-refractivity contribution in [3.63, 3.8) is 0 Å². The highest BCUT2D eigenvalue weighted by Gasteiger charge is 2.38. The van der Waals surface area contributed by atoms with Gasteiger partial charge in [-0.05, 0) is 52.3 Å². The first-order valence-electron chi connectivity index (χ1n) is 6.50. The molecule has 0 saturated carbocycles. The first-order valence-corrected chi connectivity index (χ1v) is 6.50. The topological polar surface area (TPSA) is 38.5 Å². The van der Waals surface area contributed by atoms with Crippen LogP contribution < -0.4 is 10.6 Å². The van der Waals surface area contributed by atoms with Gasteiger partial charge in [-0.3, -0.25) is 0 Å². The summed E-state index contributed by atoms with van der Waals surface area (Å²) < 4.78 is 6.09. The van der Waals surface area contributed by atoms with Crippen LogP contribution in [0.3, 0.4) is 0 Å². The molecule has 1 aromatic carbocycles. The van der Waals surface area contributed by atoms with E-state index < -0.39 is 0 Å². The van der Waals surface area contributed by atoms with Crippen molar-refractivity contribution in [2.45, 2.75) is 45.8 Å². The molecule has 1 fully saturated rings. The van der Waals surface area contributed by atoms with Crippen LogP contribution in [-0.2, 0) is 4.74 Å². The van der Waals surface area contributed by atoms with E-state index in [1.807, 2.05) is 6.92 Å². The minimum absolute atomic E-state index is 0.138. The highest BCUT2D eigenvalue weighted by atomic mass is 16.5. The van der Waals surface area contributed by atoms with Crippen LogP contribution in [0.2, 0.25) is 0 Å². The van der Waals surface area contributed by atoms with Crippen LogP contribution in [0.1, 0.15) is 33.3 Å². The Morgan fingerprint density at radius 2 is 1.67 bits per heavy atom. The van der Waals surface area contributed by atoms with Gasteiger partial charge >= 0.3 is 0 Å². The molecule has 3 heteroatoms. The fraction of sp³-hybridized carbons (Fsp3) is 0.600. The Bertz CT molecular complexity index is 436. The number of morpholine rings is 1. The highest BCUT2D eigenvalue weighted by Crippen LogP contribution is 2.32. The summed E-state index contributed by atoms with van der Waals surface area (Å²) >= 11 is 0. The van der Waals surface area contributed by atoms with Crippen LogP contribution in [0, 0.1) is 6.92 Å². The monoisotopic (exact) mass is 248 g/mol. The van der Waals surface area contributed by atoms with Crippen molar-refractivity contribution >= 4 is 11.4 Å². The smallest absolute Gasteiger partial charge is 0.0808 e. The first-order chi connectivity index (χ1) is 8.19. The lowest BCUT2D eigenvalue weighted by Gasteiger charge is -2.48. The van der Waals surface area contributed by atoms with Crippen LogP contribution in [0.4, 0.5) is 11.4 Å². The Morgan fingerprint density at radius 1 is 1.11 bits per heavy atom. The van der Waals surface area contributed by atoms with Gasteiger partial charge in [-0.15, -0.1) is 0 Å². The number of hydrogen-bond donors (Lipinski definition) is 1. The third-order valence-electron chi connectivity index (χ3n) is 3.32. The summed E-state index contributed by atoms with van der Waals surface area (Å²) in [5.41, 5.74) is 8.90. The fourth-order valence-corrected chi connectivity index (χ4v) is 2.79. The number of hydrogen-bond acceptors (Lipinski definition) is 3. The van der Waals surface area contributed by atoms with E-state index in [-0.39, 0.29) is 11.2 Å². The molecule has 100 valence electrons. The Morgan fingerprint density at radius 3 is 2.17 bits per heavy atom. The molecule has 3 nitrogen and oxygen atoms in total. The molecule has 0 radical (unpaired) electrons. The maximum atomic E-state index is 6.09. The molecule has 1 aliphatic rings. The van der Waals surface area contributed by atoms with Gasteiger partial charge in [-0.2, -0.15) is 0 Å². The van der Waals surface area contributed by atoms with E-state index in [0.717, 1.165) is 24.3 Å². The van der Waals surface area contributed by atoms with Crippen LogP contribution in [0.25, 0.3) is 0 Å². The standard InChI is InChI=1S/C15H24N2O/c1-11-6-7-12(8-13(11)16)17-9-14(2,3)18-15(4,5)10-17/h6-8H,9-10,16H2,1-5H3. The van der Waals surface area contributed by atoms with Crippen molar-refractivity contribution in [1.82, 2.24) is 0 Å². The molecule has 1 heterocycles. The van der Waals surface area contributed by atoms with E-state index in [4.69, 9.17) is 10.5 Å². The van der Waals surface area contributed by atoms with E-state index in [9.17, 15) is 0 Å². The number of aryl methyl sites for hydroxylation is 1. The molecule has 1 aromatic rings. The second-order valence-corrected chi connectivity index (χ2v) is 6.52. The van der Waals surface area contributed by atoms with Gasteiger partial charge in [0.2, 0.25) is 0 Å². The Balaban J connectivity index is 2.29. The zero-order valence-electron chi connectivity index (χ0n) is 12.1. The van der Waals surface area contributed by atoms with Crippen molar-refractivity contribution in [3.05, 3.63) is 23.8 Å².